The molecule has 0 aliphatic rings. The molecule has 0 aromatic heterocycles. The molecule has 0 rings (SSSR count). The van der Waals surface area contributed by atoms with Crippen LogP contribution in [0.2, 0.25) is 0 Å². The summed E-state index contributed by atoms with van der Waals surface area (Å²) < 4.78 is 0. The van der Waals surface area contributed by atoms with Gasteiger partial charge < -0.3 is 15.5 Å². The van der Waals surface area contributed by atoms with Crippen molar-refractivity contribution in [3.63, 3.8) is 0 Å². The van der Waals surface area contributed by atoms with Gasteiger partial charge in [-0.05, 0) is 44.9 Å². The summed E-state index contributed by atoms with van der Waals surface area (Å²) in [5, 5.41) is 23.2. The minimum Gasteiger partial charge on any atom is -0.394 e. The summed E-state index contributed by atoms with van der Waals surface area (Å²) in [6, 6.07) is -0.545. The van der Waals surface area contributed by atoms with Gasteiger partial charge in [-0.1, -0.05) is 230 Å². The molecule has 0 radical (unpaired) electrons. The first-order valence-corrected chi connectivity index (χ1v) is 23.2. The van der Waals surface area contributed by atoms with Gasteiger partial charge in [-0.15, -0.1) is 0 Å². The Balaban J connectivity index is 3.48. The average Bonchev–Trinajstić information content (AvgIpc) is 3.15. The lowest BCUT2D eigenvalue weighted by Gasteiger charge is -2.22. The Labute approximate surface area is 325 Å². The van der Waals surface area contributed by atoms with Crippen LogP contribution in [0.25, 0.3) is 0 Å². The second kappa shape index (κ2) is 44.0. The largest absolute Gasteiger partial charge is 0.394 e. The molecule has 0 heterocycles. The first-order valence-electron chi connectivity index (χ1n) is 23.2. The zero-order valence-corrected chi connectivity index (χ0v) is 35.1. The Morgan fingerprint density at radius 3 is 1.27 bits per heavy atom. The minimum absolute atomic E-state index is 0.0471. The van der Waals surface area contributed by atoms with Crippen molar-refractivity contribution in [3.05, 3.63) is 36.5 Å². The number of hydrogen-bond donors (Lipinski definition) is 3. The Kier molecular flexibility index (Phi) is 42.8. The second-order valence-electron chi connectivity index (χ2n) is 15.8. The summed E-state index contributed by atoms with van der Waals surface area (Å²) in [6.45, 7) is 4.25. The molecular formula is C48H91NO3. The van der Waals surface area contributed by atoms with Gasteiger partial charge >= 0.3 is 0 Å². The van der Waals surface area contributed by atoms with Crippen LogP contribution in [0.5, 0.6) is 0 Å². The van der Waals surface area contributed by atoms with Crippen molar-refractivity contribution >= 4 is 5.91 Å². The lowest BCUT2D eigenvalue weighted by atomic mass is 10.0. The van der Waals surface area contributed by atoms with Crippen molar-refractivity contribution < 1.29 is 15.0 Å². The topological polar surface area (TPSA) is 69.6 Å². The third-order valence-corrected chi connectivity index (χ3v) is 10.7. The predicted molar refractivity (Wildman–Crippen MR) is 230 cm³/mol. The molecule has 52 heavy (non-hydrogen) atoms. The number of nitrogens with one attached hydrogen (secondary N) is 1. The van der Waals surface area contributed by atoms with Crippen molar-refractivity contribution in [2.45, 2.75) is 257 Å². The zero-order valence-electron chi connectivity index (χ0n) is 35.1. The molecule has 0 saturated carbocycles. The van der Waals surface area contributed by atoms with Crippen LogP contribution in [0.3, 0.4) is 0 Å². The molecule has 3 N–H and O–H groups in total. The maximum absolute atomic E-state index is 12.4. The van der Waals surface area contributed by atoms with E-state index in [9.17, 15) is 15.0 Å². The van der Waals surface area contributed by atoms with Gasteiger partial charge in [-0.3, -0.25) is 4.79 Å². The fourth-order valence-corrected chi connectivity index (χ4v) is 7.14. The molecule has 0 aliphatic heterocycles. The number of aliphatic hydroxyl groups excluding tert-OH is 2. The van der Waals surface area contributed by atoms with Gasteiger partial charge in [0, 0.05) is 6.42 Å². The van der Waals surface area contributed by atoms with Crippen LogP contribution < -0.4 is 5.32 Å². The standard InChI is InChI=1S/C48H91NO3/c1-3-5-7-9-11-13-15-17-19-20-21-22-23-24-25-26-27-28-30-31-33-35-37-39-41-43-47(51)46(45-50)49-48(52)44-42-40-38-36-34-32-29-18-16-14-12-10-8-6-4-2/h6,8,12,14,18,29,46-47,50-51H,3-5,7,9-11,13,15-17,19-28,30-45H2,1-2H3,(H,49,52)/b8-6-,14-12-,29-18-. The van der Waals surface area contributed by atoms with Crippen molar-refractivity contribution in [2.75, 3.05) is 6.61 Å². The molecule has 0 aliphatic carbocycles. The first kappa shape index (κ1) is 50.6. The third kappa shape index (κ3) is 39.8. The fraction of sp³-hybridized carbons (Fsp3) is 0.854. The zero-order chi connectivity index (χ0) is 37.8. The van der Waals surface area contributed by atoms with Gasteiger partial charge in [-0.25, -0.2) is 0 Å². The third-order valence-electron chi connectivity index (χ3n) is 10.7. The van der Waals surface area contributed by atoms with E-state index in [1.165, 1.54) is 161 Å². The molecule has 0 saturated heterocycles. The van der Waals surface area contributed by atoms with Gasteiger partial charge in [0.15, 0.2) is 0 Å². The predicted octanol–water partition coefficient (Wildman–Crippen LogP) is 14.6. The number of amides is 1. The molecule has 4 nitrogen and oxygen atoms in total. The lowest BCUT2D eigenvalue weighted by molar-refractivity contribution is -0.123. The summed E-state index contributed by atoms with van der Waals surface area (Å²) in [6.07, 6.45) is 58.1. The Bertz CT molecular complexity index is 790. The number of carbonyl (C=O) groups excluding carboxylic acids is 1. The van der Waals surface area contributed by atoms with E-state index in [4.69, 9.17) is 0 Å². The Hall–Kier alpha value is -1.39. The van der Waals surface area contributed by atoms with Crippen molar-refractivity contribution in [2.24, 2.45) is 0 Å². The van der Waals surface area contributed by atoms with E-state index in [1.807, 2.05) is 0 Å². The maximum Gasteiger partial charge on any atom is 0.220 e. The van der Waals surface area contributed by atoms with E-state index in [1.54, 1.807) is 0 Å². The number of aliphatic hydroxyl groups is 2. The molecule has 1 amide bonds. The smallest absolute Gasteiger partial charge is 0.220 e. The van der Waals surface area contributed by atoms with E-state index in [2.05, 4.69) is 55.6 Å². The SMILES string of the molecule is CC/C=C\C/C=C\C/C=C\CCCCCCCC(=O)NC(CO)C(O)CCCCCCCCCCCCCCCCCCCCCCCCCCC. The monoisotopic (exact) mass is 730 g/mol. The van der Waals surface area contributed by atoms with Crippen LogP contribution >= 0.6 is 0 Å². The van der Waals surface area contributed by atoms with Crippen LogP contribution in [0.15, 0.2) is 36.5 Å². The van der Waals surface area contributed by atoms with E-state index in [0.29, 0.717) is 12.8 Å². The second-order valence-corrected chi connectivity index (χ2v) is 15.8. The van der Waals surface area contributed by atoms with Crippen LogP contribution in [-0.4, -0.2) is 34.9 Å². The highest BCUT2D eigenvalue weighted by Crippen LogP contribution is 2.17. The Morgan fingerprint density at radius 2 is 0.846 bits per heavy atom. The fourth-order valence-electron chi connectivity index (χ4n) is 7.14. The van der Waals surface area contributed by atoms with Gasteiger partial charge in [0.1, 0.15) is 0 Å². The minimum atomic E-state index is -0.667. The maximum atomic E-state index is 12.4. The summed E-state index contributed by atoms with van der Waals surface area (Å²) in [5.74, 6) is -0.0471. The number of allylic oxidation sites excluding steroid dienone is 6. The molecule has 306 valence electrons. The molecule has 0 bridgehead atoms. The van der Waals surface area contributed by atoms with Gasteiger partial charge in [-0.2, -0.15) is 0 Å². The highest BCUT2D eigenvalue weighted by molar-refractivity contribution is 5.76. The summed E-state index contributed by atoms with van der Waals surface area (Å²) in [4.78, 5) is 12.4. The summed E-state index contributed by atoms with van der Waals surface area (Å²) in [7, 11) is 0. The van der Waals surface area contributed by atoms with Crippen molar-refractivity contribution in [1.82, 2.24) is 5.32 Å². The molecular weight excluding hydrogens is 639 g/mol. The number of rotatable bonds is 42. The summed E-state index contributed by atoms with van der Waals surface area (Å²) >= 11 is 0. The molecule has 2 atom stereocenters. The molecule has 0 aromatic rings. The average molecular weight is 730 g/mol. The Morgan fingerprint density at radius 1 is 0.481 bits per heavy atom. The lowest BCUT2D eigenvalue weighted by Crippen LogP contribution is -2.45. The van der Waals surface area contributed by atoms with Crippen LogP contribution in [-0.2, 0) is 4.79 Å². The molecule has 0 fully saturated rings. The van der Waals surface area contributed by atoms with Crippen LogP contribution in [0, 0.1) is 0 Å². The molecule has 4 heteroatoms. The number of carbonyl (C=O) groups is 1. The van der Waals surface area contributed by atoms with E-state index >= 15 is 0 Å². The highest BCUT2D eigenvalue weighted by atomic mass is 16.3. The molecule has 2 unspecified atom stereocenters. The number of unbranched alkanes of at least 4 members (excludes halogenated alkanes) is 29. The van der Waals surface area contributed by atoms with Gasteiger partial charge in [0.05, 0.1) is 18.8 Å². The van der Waals surface area contributed by atoms with Crippen molar-refractivity contribution in [1.29, 1.82) is 0 Å². The van der Waals surface area contributed by atoms with Crippen LogP contribution in [0.4, 0.5) is 0 Å². The van der Waals surface area contributed by atoms with E-state index in [-0.39, 0.29) is 12.5 Å². The van der Waals surface area contributed by atoms with Gasteiger partial charge in [0.2, 0.25) is 5.91 Å². The normalized spacial score (nSPS) is 13.2. The number of hydrogen-bond acceptors (Lipinski definition) is 3. The molecule has 0 aromatic carbocycles. The van der Waals surface area contributed by atoms with Crippen molar-refractivity contribution in [3.8, 4) is 0 Å². The summed E-state index contributed by atoms with van der Waals surface area (Å²) in [5.41, 5.74) is 0. The van der Waals surface area contributed by atoms with E-state index in [0.717, 1.165) is 57.8 Å². The van der Waals surface area contributed by atoms with Crippen LogP contribution in [0.1, 0.15) is 245 Å². The van der Waals surface area contributed by atoms with E-state index < -0.39 is 12.1 Å². The highest BCUT2D eigenvalue weighted by Gasteiger charge is 2.20. The van der Waals surface area contributed by atoms with Gasteiger partial charge in [0.25, 0.3) is 0 Å². The quantitative estimate of drug-likeness (QED) is 0.0433. The first-order chi connectivity index (χ1) is 25.7. The molecule has 0 spiro atoms.